The Morgan fingerprint density at radius 1 is 1.12 bits per heavy atom. The van der Waals surface area contributed by atoms with Gasteiger partial charge in [0.2, 0.25) is 0 Å². The summed E-state index contributed by atoms with van der Waals surface area (Å²) in [5, 5.41) is 3.43. The zero-order valence-corrected chi connectivity index (χ0v) is 10.00. The lowest BCUT2D eigenvalue weighted by Crippen LogP contribution is -2.00. The van der Waals surface area contributed by atoms with Crippen molar-refractivity contribution in [3.63, 3.8) is 0 Å². The van der Waals surface area contributed by atoms with Gasteiger partial charge in [0, 0.05) is 29.5 Å². The zero-order chi connectivity index (χ0) is 11.2. The molecule has 0 bridgehead atoms. The van der Waals surface area contributed by atoms with Crippen LogP contribution < -0.4 is 5.32 Å². The normalized spacial score (nSPS) is 10.1. The molecule has 2 rings (SSSR count). The number of nitrogens with one attached hydrogen (secondary N) is 1. The van der Waals surface area contributed by atoms with Gasteiger partial charge >= 0.3 is 0 Å². The molecule has 0 radical (unpaired) electrons. The Morgan fingerprint density at radius 2 is 1.88 bits per heavy atom. The molecule has 1 aromatic heterocycles. The number of hydrogen-bond donors (Lipinski definition) is 1. The Balaban J connectivity index is 2.05. The van der Waals surface area contributed by atoms with Crippen molar-refractivity contribution in [2.75, 3.05) is 11.6 Å². The molecule has 0 aliphatic carbocycles. The van der Waals surface area contributed by atoms with Crippen LogP contribution in [0, 0.1) is 0 Å². The molecule has 0 saturated heterocycles. The highest BCUT2D eigenvalue weighted by Crippen LogP contribution is 2.24. The molecule has 0 fully saturated rings. The Hall–Kier alpha value is -1.48. The number of benzene rings is 1. The summed E-state index contributed by atoms with van der Waals surface area (Å²) in [6, 6.07) is 12.4. The summed E-state index contributed by atoms with van der Waals surface area (Å²) in [6.07, 6.45) is 5.72. The zero-order valence-electron chi connectivity index (χ0n) is 9.18. The molecule has 3 heteroatoms. The molecule has 0 spiro atoms. The van der Waals surface area contributed by atoms with Gasteiger partial charge < -0.3 is 5.32 Å². The maximum absolute atomic E-state index is 4.00. The minimum absolute atomic E-state index is 0.833. The minimum atomic E-state index is 0.833. The Kier molecular flexibility index (Phi) is 3.83. The molecular weight excluding hydrogens is 216 g/mol. The van der Waals surface area contributed by atoms with Gasteiger partial charge in [-0.3, -0.25) is 4.98 Å². The minimum Gasteiger partial charge on any atom is -0.380 e. The van der Waals surface area contributed by atoms with Gasteiger partial charge in [0.15, 0.2) is 0 Å². The molecule has 0 amide bonds. The van der Waals surface area contributed by atoms with Gasteiger partial charge in [-0.25, -0.2) is 0 Å². The molecule has 0 saturated carbocycles. The lowest BCUT2D eigenvalue weighted by Gasteiger charge is -2.09. The van der Waals surface area contributed by atoms with Gasteiger partial charge in [0.05, 0.1) is 0 Å². The van der Waals surface area contributed by atoms with E-state index in [1.54, 1.807) is 11.8 Å². The largest absolute Gasteiger partial charge is 0.380 e. The number of anilines is 1. The average molecular weight is 230 g/mol. The third kappa shape index (κ3) is 2.76. The number of aromatic nitrogens is 1. The number of pyridine rings is 1. The van der Waals surface area contributed by atoms with Crippen LogP contribution in [0.4, 0.5) is 5.69 Å². The quantitative estimate of drug-likeness (QED) is 0.815. The second-order valence-electron chi connectivity index (χ2n) is 3.41. The van der Waals surface area contributed by atoms with E-state index in [-0.39, 0.29) is 0 Å². The van der Waals surface area contributed by atoms with Crippen LogP contribution in [0.25, 0.3) is 0 Å². The molecule has 0 aliphatic rings. The summed E-state index contributed by atoms with van der Waals surface area (Å²) >= 11 is 1.76. The van der Waals surface area contributed by atoms with Crippen molar-refractivity contribution >= 4 is 17.4 Å². The molecule has 2 nitrogen and oxygen atoms in total. The van der Waals surface area contributed by atoms with Gasteiger partial charge in [-0.2, -0.15) is 0 Å². The maximum atomic E-state index is 4.00. The van der Waals surface area contributed by atoms with Crippen molar-refractivity contribution in [2.24, 2.45) is 0 Å². The number of hydrogen-bond acceptors (Lipinski definition) is 3. The van der Waals surface area contributed by atoms with Gasteiger partial charge in [-0.15, -0.1) is 11.8 Å². The fourth-order valence-electron chi connectivity index (χ4n) is 1.49. The van der Waals surface area contributed by atoms with E-state index in [0.717, 1.165) is 6.54 Å². The highest BCUT2D eigenvalue weighted by atomic mass is 32.2. The van der Waals surface area contributed by atoms with E-state index >= 15 is 0 Å². The van der Waals surface area contributed by atoms with E-state index in [1.807, 2.05) is 24.5 Å². The van der Waals surface area contributed by atoms with Crippen molar-refractivity contribution in [1.29, 1.82) is 0 Å². The third-order valence-electron chi connectivity index (χ3n) is 2.34. The summed E-state index contributed by atoms with van der Waals surface area (Å²) in [5.41, 5.74) is 2.43. The monoisotopic (exact) mass is 230 g/mol. The predicted octanol–water partition coefficient (Wildman–Crippen LogP) is 3.42. The highest BCUT2D eigenvalue weighted by molar-refractivity contribution is 7.98. The number of thioether (sulfide) groups is 1. The molecule has 82 valence electrons. The Bertz CT molecular complexity index is 443. The van der Waals surface area contributed by atoms with Crippen LogP contribution in [-0.4, -0.2) is 11.2 Å². The summed E-state index contributed by atoms with van der Waals surface area (Å²) < 4.78 is 0. The first-order valence-electron chi connectivity index (χ1n) is 5.16. The van der Waals surface area contributed by atoms with E-state index in [1.165, 1.54) is 16.1 Å². The first kappa shape index (κ1) is 11.0. The molecule has 1 aromatic carbocycles. The van der Waals surface area contributed by atoms with Gasteiger partial charge in [-0.05, 0) is 36.1 Å². The van der Waals surface area contributed by atoms with Crippen LogP contribution in [0.15, 0.2) is 53.7 Å². The predicted molar refractivity (Wildman–Crippen MR) is 69.8 cm³/mol. The lowest BCUT2D eigenvalue weighted by atomic mass is 10.2. The summed E-state index contributed by atoms with van der Waals surface area (Å²) in [5.74, 6) is 0. The summed E-state index contributed by atoms with van der Waals surface area (Å²) in [7, 11) is 0. The van der Waals surface area contributed by atoms with Crippen molar-refractivity contribution in [2.45, 2.75) is 11.4 Å². The highest BCUT2D eigenvalue weighted by Gasteiger charge is 1.99. The van der Waals surface area contributed by atoms with Gasteiger partial charge in [0.1, 0.15) is 0 Å². The molecule has 0 atom stereocenters. The van der Waals surface area contributed by atoms with Gasteiger partial charge in [0.25, 0.3) is 0 Å². The molecule has 16 heavy (non-hydrogen) atoms. The van der Waals surface area contributed by atoms with Crippen LogP contribution in [0.3, 0.4) is 0 Å². The fraction of sp³-hybridized carbons (Fsp3) is 0.154. The molecular formula is C13H14N2S. The Morgan fingerprint density at radius 3 is 2.62 bits per heavy atom. The maximum Gasteiger partial charge on any atom is 0.0480 e. The number of rotatable bonds is 4. The molecule has 0 unspecified atom stereocenters. The number of nitrogens with zero attached hydrogens (tertiary/aromatic N) is 1. The van der Waals surface area contributed by atoms with Crippen molar-refractivity contribution in [1.82, 2.24) is 4.98 Å². The van der Waals surface area contributed by atoms with Crippen LogP contribution in [0.5, 0.6) is 0 Å². The second-order valence-corrected chi connectivity index (χ2v) is 4.26. The SMILES string of the molecule is CSc1ccccc1NCc1ccncc1. The van der Waals surface area contributed by atoms with E-state index in [0.29, 0.717) is 0 Å². The molecule has 1 heterocycles. The van der Waals surface area contributed by atoms with E-state index in [9.17, 15) is 0 Å². The topological polar surface area (TPSA) is 24.9 Å². The standard InChI is InChI=1S/C13H14N2S/c1-16-13-5-3-2-4-12(13)15-10-11-6-8-14-9-7-11/h2-9,15H,10H2,1H3. The van der Waals surface area contributed by atoms with Crippen molar-refractivity contribution in [3.05, 3.63) is 54.4 Å². The van der Waals surface area contributed by atoms with Crippen LogP contribution in [0.2, 0.25) is 0 Å². The summed E-state index contributed by atoms with van der Waals surface area (Å²) in [6.45, 7) is 0.833. The van der Waals surface area contributed by atoms with Crippen LogP contribution in [-0.2, 0) is 6.54 Å². The first-order chi connectivity index (χ1) is 7.90. The van der Waals surface area contributed by atoms with Crippen molar-refractivity contribution < 1.29 is 0 Å². The van der Waals surface area contributed by atoms with E-state index in [4.69, 9.17) is 0 Å². The lowest BCUT2D eigenvalue weighted by molar-refractivity contribution is 1.11. The van der Waals surface area contributed by atoms with Crippen LogP contribution in [0.1, 0.15) is 5.56 Å². The van der Waals surface area contributed by atoms with E-state index in [2.05, 4.69) is 40.8 Å². The fourth-order valence-corrected chi connectivity index (χ4v) is 2.06. The number of para-hydroxylation sites is 1. The van der Waals surface area contributed by atoms with Crippen LogP contribution >= 0.6 is 11.8 Å². The molecule has 2 aromatic rings. The van der Waals surface area contributed by atoms with Crippen molar-refractivity contribution in [3.8, 4) is 0 Å². The first-order valence-corrected chi connectivity index (χ1v) is 6.38. The van der Waals surface area contributed by atoms with E-state index < -0.39 is 0 Å². The Labute approximate surface area is 100 Å². The average Bonchev–Trinajstić information content (AvgIpc) is 2.38. The smallest absolute Gasteiger partial charge is 0.0480 e. The second kappa shape index (κ2) is 5.56. The molecule has 1 N–H and O–H groups in total. The third-order valence-corrected chi connectivity index (χ3v) is 3.14. The summed E-state index contributed by atoms with van der Waals surface area (Å²) in [4.78, 5) is 5.28. The van der Waals surface area contributed by atoms with Gasteiger partial charge in [-0.1, -0.05) is 12.1 Å². The molecule has 0 aliphatic heterocycles.